The van der Waals surface area contributed by atoms with E-state index in [9.17, 15) is 4.79 Å². The van der Waals surface area contributed by atoms with Crippen LogP contribution in [-0.4, -0.2) is 42.9 Å². The van der Waals surface area contributed by atoms with Gasteiger partial charge in [-0.25, -0.2) is 0 Å². The van der Waals surface area contributed by atoms with Crippen LogP contribution in [0.15, 0.2) is 0 Å². The maximum Gasteiger partial charge on any atom is 0.234 e. The van der Waals surface area contributed by atoms with E-state index >= 15 is 0 Å². The van der Waals surface area contributed by atoms with Gasteiger partial charge in [0.05, 0.1) is 0 Å². The predicted octanol–water partition coefficient (Wildman–Crippen LogP) is 1.07. The smallest absolute Gasteiger partial charge is 0.234 e. The second-order valence-corrected chi connectivity index (χ2v) is 3.49. The SMILES string of the molecule is CCC(C)N(C)CCNC(=O)CCl. The molecule has 1 atom stereocenters. The molecule has 1 amide bonds. The number of carbonyl (C=O) groups is 1. The lowest BCUT2D eigenvalue weighted by atomic mass is 10.2. The average Bonchev–Trinajstić information content (AvgIpc) is 2.15. The van der Waals surface area contributed by atoms with E-state index in [1.54, 1.807) is 0 Å². The topological polar surface area (TPSA) is 32.3 Å². The summed E-state index contributed by atoms with van der Waals surface area (Å²) in [6.07, 6.45) is 1.12. The average molecular weight is 207 g/mol. The fourth-order valence-corrected chi connectivity index (χ4v) is 1.05. The number of nitrogens with zero attached hydrogens (tertiary/aromatic N) is 1. The summed E-state index contributed by atoms with van der Waals surface area (Å²) in [6, 6.07) is 0.563. The van der Waals surface area contributed by atoms with Crippen LogP contribution in [0.3, 0.4) is 0 Å². The molecule has 0 bridgehead atoms. The molecular formula is C9H19ClN2O. The molecule has 0 fully saturated rings. The highest BCUT2D eigenvalue weighted by molar-refractivity contribution is 6.27. The number of hydrogen-bond acceptors (Lipinski definition) is 2. The monoisotopic (exact) mass is 206 g/mol. The summed E-state index contributed by atoms with van der Waals surface area (Å²) in [5.74, 6) is -0.0493. The van der Waals surface area contributed by atoms with Gasteiger partial charge in [0.2, 0.25) is 5.91 Å². The van der Waals surface area contributed by atoms with Crippen LogP contribution in [0.4, 0.5) is 0 Å². The Morgan fingerprint density at radius 2 is 2.23 bits per heavy atom. The molecule has 0 rings (SSSR count). The van der Waals surface area contributed by atoms with Crippen molar-refractivity contribution in [2.75, 3.05) is 26.0 Å². The zero-order valence-corrected chi connectivity index (χ0v) is 9.40. The van der Waals surface area contributed by atoms with Crippen LogP contribution in [0.2, 0.25) is 0 Å². The fraction of sp³-hybridized carbons (Fsp3) is 0.889. The number of alkyl halides is 1. The van der Waals surface area contributed by atoms with E-state index in [1.165, 1.54) is 0 Å². The zero-order valence-electron chi connectivity index (χ0n) is 8.64. The van der Waals surface area contributed by atoms with Crippen molar-refractivity contribution in [3.63, 3.8) is 0 Å². The van der Waals surface area contributed by atoms with Crippen LogP contribution < -0.4 is 5.32 Å². The molecule has 0 aromatic heterocycles. The Morgan fingerprint density at radius 3 is 2.69 bits per heavy atom. The molecular weight excluding hydrogens is 188 g/mol. The van der Waals surface area contributed by atoms with Gasteiger partial charge < -0.3 is 10.2 Å². The van der Waals surface area contributed by atoms with E-state index in [1.807, 2.05) is 0 Å². The van der Waals surface area contributed by atoms with Gasteiger partial charge in [0.15, 0.2) is 0 Å². The van der Waals surface area contributed by atoms with Crippen molar-refractivity contribution in [1.29, 1.82) is 0 Å². The van der Waals surface area contributed by atoms with Crippen molar-refractivity contribution in [3.8, 4) is 0 Å². The van der Waals surface area contributed by atoms with E-state index in [0.717, 1.165) is 13.0 Å². The first kappa shape index (κ1) is 12.7. The Kier molecular flexibility index (Phi) is 7.00. The van der Waals surface area contributed by atoms with Crippen molar-refractivity contribution >= 4 is 17.5 Å². The number of likely N-dealkylation sites (N-methyl/N-ethyl adjacent to an activating group) is 1. The number of carbonyl (C=O) groups excluding carboxylic acids is 1. The normalized spacial score (nSPS) is 13.0. The highest BCUT2D eigenvalue weighted by Gasteiger charge is 2.06. The Morgan fingerprint density at radius 1 is 1.62 bits per heavy atom. The van der Waals surface area contributed by atoms with Crippen molar-refractivity contribution in [1.82, 2.24) is 10.2 Å². The minimum atomic E-state index is -0.0979. The molecule has 0 aliphatic rings. The van der Waals surface area contributed by atoms with Crippen LogP contribution in [0.25, 0.3) is 0 Å². The lowest BCUT2D eigenvalue weighted by Crippen LogP contribution is -2.37. The Bertz CT molecular complexity index is 153. The van der Waals surface area contributed by atoms with E-state index < -0.39 is 0 Å². The first-order valence-corrected chi connectivity index (χ1v) is 5.18. The van der Waals surface area contributed by atoms with Gasteiger partial charge in [0.25, 0.3) is 0 Å². The highest BCUT2D eigenvalue weighted by Crippen LogP contribution is 1.97. The Labute approximate surface area is 85.4 Å². The first-order chi connectivity index (χ1) is 6.11. The van der Waals surface area contributed by atoms with E-state index in [4.69, 9.17) is 11.6 Å². The molecule has 0 aromatic rings. The van der Waals surface area contributed by atoms with Crippen molar-refractivity contribution in [2.24, 2.45) is 0 Å². The summed E-state index contributed by atoms with van der Waals surface area (Å²) in [5.41, 5.74) is 0. The molecule has 0 aliphatic carbocycles. The third-order valence-corrected chi connectivity index (χ3v) is 2.49. The number of halogens is 1. The third-order valence-electron chi connectivity index (χ3n) is 2.25. The number of amides is 1. The van der Waals surface area contributed by atoms with Crippen LogP contribution >= 0.6 is 11.6 Å². The molecule has 0 radical (unpaired) electrons. The largest absolute Gasteiger partial charge is 0.354 e. The van der Waals surface area contributed by atoms with Crippen molar-refractivity contribution < 1.29 is 4.79 Å². The molecule has 1 unspecified atom stereocenters. The summed E-state index contributed by atoms with van der Waals surface area (Å²) in [5, 5.41) is 2.73. The molecule has 0 aliphatic heterocycles. The Hall–Kier alpha value is -0.280. The molecule has 0 saturated heterocycles. The first-order valence-electron chi connectivity index (χ1n) is 4.64. The fourth-order valence-electron chi connectivity index (χ4n) is 0.951. The van der Waals surface area contributed by atoms with Crippen LogP contribution in [0.5, 0.6) is 0 Å². The van der Waals surface area contributed by atoms with Crippen LogP contribution in [-0.2, 0) is 4.79 Å². The van der Waals surface area contributed by atoms with E-state index in [0.29, 0.717) is 12.6 Å². The molecule has 13 heavy (non-hydrogen) atoms. The second-order valence-electron chi connectivity index (χ2n) is 3.22. The second kappa shape index (κ2) is 7.15. The Balaban J connectivity index is 3.47. The predicted molar refractivity (Wildman–Crippen MR) is 56.1 cm³/mol. The van der Waals surface area contributed by atoms with Crippen LogP contribution in [0.1, 0.15) is 20.3 Å². The zero-order chi connectivity index (χ0) is 10.3. The number of rotatable bonds is 6. The lowest BCUT2D eigenvalue weighted by Gasteiger charge is -2.23. The summed E-state index contributed by atoms with van der Waals surface area (Å²) >= 11 is 5.33. The van der Waals surface area contributed by atoms with Gasteiger partial charge in [0.1, 0.15) is 5.88 Å². The van der Waals surface area contributed by atoms with E-state index in [2.05, 4.69) is 31.1 Å². The molecule has 1 N–H and O–H groups in total. The molecule has 4 heteroatoms. The summed E-state index contributed by atoms with van der Waals surface area (Å²) in [7, 11) is 2.06. The van der Waals surface area contributed by atoms with Gasteiger partial charge >= 0.3 is 0 Å². The minimum Gasteiger partial charge on any atom is -0.354 e. The molecule has 78 valence electrons. The number of nitrogens with one attached hydrogen (secondary N) is 1. The van der Waals surface area contributed by atoms with Gasteiger partial charge in [-0.1, -0.05) is 6.92 Å². The summed E-state index contributed by atoms with van der Waals surface area (Å²) in [4.78, 5) is 13.0. The van der Waals surface area contributed by atoms with Gasteiger partial charge in [-0.05, 0) is 20.4 Å². The van der Waals surface area contributed by atoms with Crippen molar-refractivity contribution in [2.45, 2.75) is 26.3 Å². The summed E-state index contributed by atoms with van der Waals surface area (Å²) in [6.45, 7) is 5.87. The maximum absolute atomic E-state index is 10.8. The molecule has 0 heterocycles. The van der Waals surface area contributed by atoms with Gasteiger partial charge in [-0.3, -0.25) is 4.79 Å². The molecule has 0 spiro atoms. The summed E-state index contributed by atoms with van der Waals surface area (Å²) < 4.78 is 0. The molecule has 0 aromatic carbocycles. The highest BCUT2D eigenvalue weighted by atomic mass is 35.5. The molecule has 0 saturated carbocycles. The lowest BCUT2D eigenvalue weighted by molar-refractivity contribution is -0.118. The number of hydrogen-bond donors (Lipinski definition) is 1. The third kappa shape index (κ3) is 5.88. The standard InChI is InChI=1S/C9H19ClN2O/c1-4-8(2)12(3)6-5-11-9(13)7-10/h8H,4-7H2,1-3H3,(H,11,13). The van der Waals surface area contributed by atoms with E-state index in [-0.39, 0.29) is 11.8 Å². The van der Waals surface area contributed by atoms with Crippen LogP contribution in [0, 0.1) is 0 Å². The molecule has 3 nitrogen and oxygen atoms in total. The van der Waals surface area contributed by atoms with Gasteiger partial charge in [-0.15, -0.1) is 11.6 Å². The quantitative estimate of drug-likeness (QED) is 0.660. The van der Waals surface area contributed by atoms with Gasteiger partial charge in [-0.2, -0.15) is 0 Å². The minimum absolute atomic E-state index is 0.0487. The van der Waals surface area contributed by atoms with Gasteiger partial charge in [0, 0.05) is 19.1 Å². The van der Waals surface area contributed by atoms with Crippen molar-refractivity contribution in [3.05, 3.63) is 0 Å². The maximum atomic E-state index is 10.8.